The van der Waals surface area contributed by atoms with Gasteiger partial charge in [0.15, 0.2) is 5.16 Å². The first-order valence-corrected chi connectivity index (χ1v) is 11.6. The summed E-state index contributed by atoms with van der Waals surface area (Å²) in [5.74, 6) is 2.26. The molecule has 1 aromatic carbocycles. The van der Waals surface area contributed by atoms with Crippen LogP contribution < -0.4 is 5.32 Å². The molecular formula is C20H21N3OS3. The maximum Gasteiger partial charge on any atom is 0.230 e. The number of rotatable bonds is 9. The average molecular weight is 416 g/mol. The molecule has 3 aromatic rings. The molecule has 1 amide bonds. The first-order chi connectivity index (χ1) is 13.2. The van der Waals surface area contributed by atoms with E-state index in [1.54, 1.807) is 11.3 Å². The monoisotopic (exact) mass is 415 g/mol. The van der Waals surface area contributed by atoms with Gasteiger partial charge in [0, 0.05) is 34.2 Å². The van der Waals surface area contributed by atoms with Gasteiger partial charge in [-0.15, -0.1) is 11.3 Å². The molecule has 3 rings (SSSR count). The van der Waals surface area contributed by atoms with E-state index in [9.17, 15) is 4.79 Å². The van der Waals surface area contributed by atoms with Crippen molar-refractivity contribution in [3.63, 3.8) is 0 Å². The number of thioether (sulfide) groups is 2. The van der Waals surface area contributed by atoms with E-state index in [-0.39, 0.29) is 5.91 Å². The second-order valence-corrected chi connectivity index (χ2v) is 8.89. The lowest BCUT2D eigenvalue weighted by atomic mass is 10.1. The zero-order chi connectivity index (χ0) is 18.9. The van der Waals surface area contributed by atoms with Crippen LogP contribution in [0, 0.1) is 6.92 Å². The van der Waals surface area contributed by atoms with Crippen molar-refractivity contribution in [1.29, 1.82) is 0 Å². The summed E-state index contributed by atoms with van der Waals surface area (Å²) >= 11 is 4.98. The standard InChI is InChI=1S/C20H21N3OS3/c1-15-12-18(16-6-3-2-4-7-16)23-20(22-15)27-14-19(24)21-9-11-25-13-17-8-5-10-26-17/h2-8,10,12H,9,11,13-14H2,1H3,(H,21,24). The van der Waals surface area contributed by atoms with Gasteiger partial charge in [-0.1, -0.05) is 48.2 Å². The highest BCUT2D eigenvalue weighted by Gasteiger charge is 2.08. The van der Waals surface area contributed by atoms with Crippen LogP contribution in [0.1, 0.15) is 10.6 Å². The summed E-state index contributed by atoms with van der Waals surface area (Å²) in [5, 5.41) is 5.69. The van der Waals surface area contributed by atoms with Crippen LogP contribution in [0.4, 0.5) is 0 Å². The predicted octanol–water partition coefficient (Wildman–Crippen LogP) is 4.66. The number of carbonyl (C=O) groups excluding carboxylic acids is 1. The molecule has 0 atom stereocenters. The molecule has 0 fully saturated rings. The summed E-state index contributed by atoms with van der Waals surface area (Å²) in [5.41, 5.74) is 2.84. The molecule has 0 aliphatic rings. The third kappa shape index (κ3) is 6.68. The molecule has 0 radical (unpaired) electrons. The number of amides is 1. The van der Waals surface area contributed by atoms with Gasteiger partial charge in [0.05, 0.1) is 11.4 Å². The fourth-order valence-corrected chi connectivity index (χ4v) is 4.81. The molecule has 0 unspecified atom stereocenters. The van der Waals surface area contributed by atoms with Crippen molar-refractivity contribution < 1.29 is 4.79 Å². The molecule has 0 aliphatic heterocycles. The van der Waals surface area contributed by atoms with Gasteiger partial charge in [-0.3, -0.25) is 4.79 Å². The highest BCUT2D eigenvalue weighted by molar-refractivity contribution is 7.99. The quantitative estimate of drug-likeness (QED) is 0.313. The van der Waals surface area contributed by atoms with E-state index < -0.39 is 0 Å². The van der Waals surface area contributed by atoms with Crippen LogP contribution >= 0.6 is 34.9 Å². The zero-order valence-electron chi connectivity index (χ0n) is 15.1. The summed E-state index contributed by atoms with van der Waals surface area (Å²) in [6, 6.07) is 16.2. The Morgan fingerprint density at radius 2 is 2.00 bits per heavy atom. The maximum atomic E-state index is 12.1. The molecule has 140 valence electrons. The molecule has 2 heterocycles. The second kappa shape index (κ2) is 10.5. The number of nitrogens with one attached hydrogen (secondary N) is 1. The number of benzene rings is 1. The smallest absolute Gasteiger partial charge is 0.230 e. The summed E-state index contributed by atoms with van der Waals surface area (Å²) < 4.78 is 0. The largest absolute Gasteiger partial charge is 0.355 e. The lowest BCUT2D eigenvalue weighted by Crippen LogP contribution is -2.27. The van der Waals surface area contributed by atoms with Crippen LogP contribution in [0.15, 0.2) is 59.1 Å². The van der Waals surface area contributed by atoms with Crippen molar-refractivity contribution in [2.75, 3.05) is 18.1 Å². The van der Waals surface area contributed by atoms with Crippen molar-refractivity contribution >= 4 is 40.8 Å². The second-order valence-electron chi connectivity index (χ2n) is 5.81. The third-order valence-corrected chi connectivity index (χ3v) is 6.54. The number of hydrogen-bond donors (Lipinski definition) is 1. The van der Waals surface area contributed by atoms with E-state index in [0.717, 1.165) is 28.5 Å². The van der Waals surface area contributed by atoms with Gasteiger partial charge >= 0.3 is 0 Å². The van der Waals surface area contributed by atoms with Crippen LogP contribution in [0.5, 0.6) is 0 Å². The number of nitrogens with zero attached hydrogens (tertiary/aromatic N) is 2. The summed E-state index contributed by atoms with van der Waals surface area (Å²) in [4.78, 5) is 22.4. The minimum absolute atomic E-state index is 0.0168. The van der Waals surface area contributed by atoms with Gasteiger partial charge in [0.25, 0.3) is 0 Å². The molecule has 0 bridgehead atoms. The van der Waals surface area contributed by atoms with E-state index in [2.05, 4.69) is 32.8 Å². The van der Waals surface area contributed by atoms with Gasteiger partial charge in [-0.05, 0) is 24.4 Å². The van der Waals surface area contributed by atoms with Gasteiger partial charge in [-0.25, -0.2) is 9.97 Å². The van der Waals surface area contributed by atoms with Crippen LogP contribution in [0.25, 0.3) is 11.3 Å². The first-order valence-electron chi connectivity index (χ1n) is 8.61. The van der Waals surface area contributed by atoms with E-state index in [0.29, 0.717) is 17.5 Å². The third-order valence-electron chi connectivity index (χ3n) is 3.63. The van der Waals surface area contributed by atoms with E-state index in [4.69, 9.17) is 0 Å². The molecule has 0 saturated heterocycles. The van der Waals surface area contributed by atoms with Gasteiger partial charge in [-0.2, -0.15) is 11.8 Å². The average Bonchev–Trinajstić information content (AvgIpc) is 3.20. The van der Waals surface area contributed by atoms with E-state index in [1.807, 2.05) is 55.1 Å². The number of thiophene rings is 1. The Bertz CT molecular complexity index is 854. The molecule has 0 saturated carbocycles. The van der Waals surface area contributed by atoms with Gasteiger partial charge in [0.2, 0.25) is 5.91 Å². The molecule has 7 heteroatoms. The Hall–Kier alpha value is -1.83. The molecule has 0 aliphatic carbocycles. The van der Waals surface area contributed by atoms with Crippen molar-refractivity contribution in [2.24, 2.45) is 0 Å². The van der Waals surface area contributed by atoms with Crippen molar-refractivity contribution in [3.8, 4) is 11.3 Å². The summed E-state index contributed by atoms with van der Waals surface area (Å²) in [6.45, 7) is 2.63. The SMILES string of the molecule is Cc1cc(-c2ccccc2)nc(SCC(=O)NCCSCc2cccs2)n1. The predicted molar refractivity (Wildman–Crippen MR) is 116 cm³/mol. The Morgan fingerprint density at radius 1 is 1.15 bits per heavy atom. The van der Waals surface area contributed by atoms with E-state index in [1.165, 1.54) is 16.6 Å². The van der Waals surface area contributed by atoms with Crippen molar-refractivity contribution in [1.82, 2.24) is 15.3 Å². The molecule has 2 aromatic heterocycles. The Morgan fingerprint density at radius 3 is 2.78 bits per heavy atom. The summed E-state index contributed by atoms with van der Waals surface area (Å²) in [7, 11) is 0. The van der Waals surface area contributed by atoms with Crippen LogP contribution in [-0.2, 0) is 10.5 Å². The molecule has 0 spiro atoms. The molecule has 4 nitrogen and oxygen atoms in total. The van der Waals surface area contributed by atoms with Crippen molar-refractivity contribution in [3.05, 3.63) is 64.5 Å². The highest BCUT2D eigenvalue weighted by atomic mass is 32.2. The zero-order valence-corrected chi connectivity index (χ0v) is 17.5. The lowest BCUT2D eigenvalue weighted by molar-refractivity contribution is -0.118. The van der Waals surface area contributed by atoms with Crippen LogP contribution in [0.3, 0.4) is 0 Å². The molecular weight excluding hydrogens is 394 g/mol. The maximum absolute atomic E-state index is 12.1. The number of hydrogen-bond acceptors (Lipinski definition) is 6. The minimum atomic E-state index is 0.0168. The van der Waals surface area contributed by atoms with Gasteiger partial charge in [0.1, 0.15) is 0 Å². The Labute approximate surface area is 172 Å². The topological polar surface area (TPSA) is 54.9 Å². The van der Waals surface area contributed by atoms with Crippen molar-refractivity contribution in [2.45, 2.75) is 17.8 Å². The minimum Gasteiger partial charge on any atom is -0.355 e. The number of aryl methyl sites for hydroxylation is 1. The first kappa shape index (κ1) is 19.9. The Kier molecular flexibility index (Phi) is 7.74. The number of aromatic nitrogens is 2. The summed E-state index contributed by atoms with van der Waals surface area (Å²) in [6.07, 6.45) is 0. The van der Waals surface area contributed by atoms with E-state index >= 15 is 0 Å². The lowest BCUT2D eigenvalue weighted by Gasteiger charge is -2.07. The molecule has 1 N–H and O–H groups in total. The normalized spacial score (nSPS) is 10.7. The van der Waals surface area contributed by atoms with Gasteiger partial charge < -0.3 is 5.32 Å². The van der Waals surface area contributed by atoms with Crippen LogP contribution in [0.2, 0.25) is 0 Å². The number of carbonyl (C=O) groups is 1. The Balaban J connectivity index is 1.42. The van der Waals surface area contributed by atoms with Crippen LogP contribution in [-0.4, -0.2) is 33.9 Å². The fourth-order valence-electron chi connectivity index (χ4n) is 2.37. The molecule has 27 heavy (non-hydrogen) atoms. The highest BCUT2D eigenvalue weighted by Crippen LogP contribution is 2.21. The fraction of sp³-hybridized carbons (Fsp3) is 0.250.